The number of carbonyl (C=O) groups excluding carboxylic acids is 1. The Morgan fingerprint density at radius 3 is 2.67 bits per heavy atom. The van der Waals surface area contributed by atoms with Crippen LogP contribution < -0.4 is 10.2 Å². The topological polar surface area (TPSA) is 48.5 Å². The molecule has 2 aliphatic rings. The first-order valence-electron chi connectivity index (χ1n) is 10.0. The minimum absolute atomic E-state index is 0.107. The number of carbonyl (C=O) groups is 1. The Kier molecular flexibility index (Phi) is 5.39. The third-order valence-corrected chi connectivity index (χ3v) is 5.90. The maximum absolute atomic E-state index is 12.9. The van der Waals surface area contributed by atoms with Gasteiger partial charge in [-0.15, -0.1) is 0 Å². The van der Waals surface area contributed by atoms with Gasteiger partial charge in [0.15, 0.2) is 0 Å². The Morgan fingerprint density at radius 2 is 1.89 bits per heavy atom. The van der Waals surface area contributed by atoms with Crippen molar-refractivity contribution in [3.8, 4) is 0 Å². The van der Waals surface area contributed by atoms with Gasteiger partial charge in [-0.1, -0.05) is 30.3 Å². The molecule has 0 radical (unpaired) electrons. The number of rotatable bonds is 4. The Hall–Kier alpha value is -2.40. The van der Waals surface area contributed by atoms with Crippen LogP contribution in [0.5, 0.6) is 0 Å². The molecule has 2 atom stereocenters. The van der Waals surface area contributed by atoms with E-state index in [2.05, 4.69) is 44.4 Å². The van der Waals surface area contributed by atoms with Gasteiger partial charge in [0.1, 0.15) is 5.82 Å². The maximum atomic E-state index is 12.9. The van der Waals surface area contributed by atoms with Gasteiger partial charge in [-0.25, -0.2) is 4.98 Å². The van der Waals surface area contributed by atoms with Crippen LogP contribution in [-0.4, -0.2) is 48.0 Å². The van der Waals surface area contributed by atoms with E-state index in [-0.39, 0.29) is 18.0 Å². The number of anilines is 1. The zero-order valence-electron chi connectivity index (χ0n) is 16.0. The number of pyridine rings is 1. The summed E-state index contributed by atoms with van der Waals surface area (Å²) in [6.45, 7) is 5.60. The quantitative estimate of drug-likeness (QED) is 0.906. The highest BCUT2D eigenvalue weighted by Gasteiger charge is 2.28. The van der Waals surface area contributed by atoms with E-state index < -0.39 is 0 Å². The molecule has 2 aromatic rings. The highest BCUT2D eigenvalue weighted by molar-refractivity contribution is 5.82. The lowest BCUT2D eigenvalue weighted by atomic mass is 9.87. The van der Waals surface area contributed by atoms with Gasteiger partial charge in [0, 0.05) is 32.4 Å². The molecule has 27 heavy (non-hydrogen) atoms. The fraction of sp³-hybridized carbons (Fsp3) is 0.455. The number of amides is 1. The summed E-state index contributed by atoms with van der Waals surface area (Å²) in [6, 6.07) is 14.6. The molecular formula is C22H28N4O. The molecule has 1 aromatic heterocycles. The van der Waals surface area contributed by atoms with Crippen molar-refractivity contribution in [1.29, 1.82) is 0 Å². The molecule has 5 heteroatoms. The molecule has 1 aliphatic carbocycles. The van der Waals surface area contributed by atoms with E-state index in [0.717, 1.165) is 51.3 Å². The van der Waals surface area contributed by atoms with Gasteiger partial charge >= 0.3 is 0 Å². The third-order valence-electron chi connectivity index (χ3n) is 5.90. The van der Waals surface area contributed by atoms with Crippen LogP contribution in [-0.2, 0) is 11.2 Å². The lowest BCUT2D eigenvalue weighted by Gasteiger charge is -2.38. The van der Waals surface area contributed by atoms with E-state index in [1.807, 2.05) is 31.3 Å². The van der Waals surface area contributed by atoms with Gasteiger partial charge in [-0.05, 0) is 49.4 Å². The Bertz CT molecular complexity index is 771. The highest BCUT2D eigenvalue weighted by Crippen LogP contribution is 2.29. The van der Waals surface area contributed by atoms with Crippen LogP contribution in [0.3, 0.4) is 0 Å². The molecule has 0 unspecified atom stereocenters. The number of aryl methyl sites for hydroxylation is 1. The highest BCUT2D eigenvalue weighted by atomic mass is 16.2. The van der Waals surface area contributed by atoms with Crippen LogP contribution in [0.25, 0.3) is 0 Å². The molecule has 0 bridgehead atoms. The molecule has 2 heterocycles. The van der Waals surface area contributed by atoms with Crippen LogP contribution >= 0.6 is 0 Å². The van der Waals surface area contributed by atoms with Crippen molar-refractivity contribution in [2.45, 2.75) is 38.3 Å². The SMILES string of the molecule is C[C@@H](C(=O)N[C@H]1CCCc2ccccc21)N1CCN(c2ccccn2)CC1. The van der Waals surface area contributed by atoms with Crippen molar-refractivity contribution in [2.75, 3.05) is 31.1 Å². The summed E-state index contributed by atoms with van der Waals surface area (Å²) in [5.41, 5.74) is 2.68. The number of benzene rings is 1. The zero-order valence-corrected chi connectivity index (χ0v) is 16.0. The van der Waals surface area contributed by atoms with Crippen LogP contribution in [0.1, 0.15) is 36.9 Å². The number of fused-ring (bicyclic) bond motifs is 1. The summed E-state index contributed by atoms with van der Waals surface area (Å²) < 4.78 is 0. The summed E-state index contributed by atoms with van der Waals surface area (Å²) in [7, 11) is 0. The molecule has 1 N–H and O–H groups in total. The van der Waals surface area contributed by atoms with Gasteiger partial charge in [0.25, 0.3) is 0 Å². The summed E-state index contributed by atoms with van der Waals surface area (Å²) in [5, 5.41) is 3.31. The number of aromatic nitrogens is 1. The summed E-state index contributed by atoms with van der Waals surface area (Å²) in [5.74, 6) is 1.16. The van der Waals surface area contributed by atoms with Crippen molar-refractivity contribution in [2.24, 2.45) is 0 Å². The minimum Gasteiger partial charge on any atom is -0.354 e. The Labute approximate surface area is 161 Å². The monoisotopic (exact) mass is 364 g/mol. The molecular weight excluding hydrogens is 336 g/mol. The molecule has 1 aromatic carbocycles. The molecule has 1 fully saturated rings. The average Bonchev–Trinajstić information content (AvgIpc) is 2.74. The van der Waals surface area contributed by atoms with E-state index in [9.17, 15) is 4.79 Å². The smallest absolute Gasteiger partial charge is 0.237 e. The van der Waals surface area contributed by atoms with E-state index in [4.69, 9.17) is 0 Å². The van der Waals surface area contributed by atoms with Gasteiger partial charge < -0.3 is 10.2 Å². The maximum Gasteiger partial charge on any atom is 0.237 e. The van der Waals surface area contributed by atoms with Crippen LogP contribution in [0.15, 0.2) is 48.7 Å². The lowest BCUT2D eigenvalue weighted by Crippen LogP contribution is -2.54. The number of piperazine rings is 1. The molecule has 1 amide bonds. The molecule has 1 saturated heterocycles. The zero-order chi connectivity index (χ0) is 18.6. The van der Waals surface area contributed by atoms with Gasteiger partial charge in [0.05, 0.1) is 12.1 Å². The van der Waals surface area contributed by atoms with E-state index in [1.54, 1.807) is 0 Å². The van der Waals surface area contributed by atoms with Crippen LogP contribution in [0.4, 0.5) is 5.82 Å². The number of hydrogen-bond acceptors (Lipinski definition) is 4. The third kappa shape index (κ3) is 3.98. The normalized spacial score (nSPS) is 21.4. The molecule has 4 rings (SSSR count). The molecule has 142 valence electrons. The Balaban J connectivity index is 1.34. The average molecular weight is 364 g/mol. The molecule has 0 spiro atoms. The van der Waals surface area contributed by atoms with Crippen molar-refractivity contribution < 1.29 is 4.79 Å². The minimum atomic E-state index is -0.107. The van der Waals surface area contributed by atoms with Gasteiger partial charge in [-0.3, -0.25) is 9.69 Å². The first-order valence-corrected chi connectivity index (χ1v) is 10.0. The summed E-state index contributed by atoms with van der Waals surface area (Å²) in [6.07, 6.45) is 5.12. The predicted octanol–water partition coefficient (Wildman–Crippen LogP) is 2.79. The summed E-state index contributed by atoms with van der Waals surface area (Å²) in [4.78, 5) is 21.9. The van der Waals surface area contributed by atoms with E-state index >= 15 is 0 Å². The largest absolute Gasteiger partial charge is 0.354 e. The standard InChI is InChI=1S/C22H28N4O/c1-17(25-13-15-26(16-14-25)21-11-4-5-12-23-21)22(27)24-20-10-6-8-18-7-2-3-9-19(18)20/h2-5,7,9,11-12,17,20H,6,8,10,13-16H2,1H3,(H,24,27)/t17-,20-/m0/s1. The second-order valence-corrected chi connectivity index (χ2v) is 7.54. The van der Waals surface area contributed by atoms with Crippen molar-refractivity contribution in [1.82, 2.24) is 15.2 Å². The predicted molar refractivity (Wildman–Crippen MR) is 108 cm³/mol. The van der Waals surface area contributed by atoms with Crippen LogP contribution in [0.2, 0.25) is 0 Å². The van der Waals surface area contributed by atoms with Crippen molar-refractivity contribution >= 4 is 11.7 Å². The number of nitrogens with one attached hydrogen (secondary N) is 1. The molecule has 0 saturated carbocycles. The van der Waals surface area contributed by atoms with Crippen LogP contribution in [0, 0.1) is 0 Å². The fourth-order valence-corrected chi connectivity index (χ4v) is 4.24. The summed E-state index contributed by atoms with van der Waals surface area (Å²) >= 11 is 0. The Morgan fingerprint density at radius 1 is 1.11 bits per heavy atom. The fourth-order valence-electron chi connectivity index (χ4n) is 4.24. The number of hydrogen-bond donors (Lipinski definition) is 1. The second-order valence-electron chi connectivity index (χ2n) is 7.54. The molecule has 1 aliphatic heterocycles. The second kappa shape index (κ2) is 8.09. The van der Waals surface area contributed by atoms with E-state index in [1.165, 1.54) is 11.1 Å². The lowest BCUT2D eigenvalue weighted by molar-refractivity contribution is -0.126. The van der Waals surface area contributed by atoms with E-state index in [0.29, 0.717) is 0 Å². The number of nitrogens with zero attached hydrogens (tertiary/aromatic N) is 3. The van der Waals surface area contributed by atoms with Crippen molar-refractivity contribution in [3.05, 3.63) is 59.8 Å². The molecule has 5 nitrogen and oxygen atoms in total. The first kappa shape index (κ1) is 18.0. The van der Waals surface area contributed by atoms with Gasteiger partial charge in [0.2, 0.25) is 5.91 Å². The van der Waals surface area contributed by atoms with Gasteiger partial charge in [-0.2, -0.15) is 0 Å². The van der Waals surface area contributed by atoms with Crippen molar-refractivity contribution in [3.63, 3.8) is 0 Å². The first-order chi connectivity index (χ1) is 13.2.